The van der Waals surface area contributed by atoms with Gasteiger partial charge in [0.1, 0.15) is 0 Å². The molecule has 0 aromatic rings. The molecular weight excluding hydrogens is 215 g/mol. The molecule has 3 atom stereocenters. The zero-order chi connectivity index (χ0) is 10.1. The maximum atomic E-state index is 11.6. The van der Waals surface area contributed by atoms with Gasteiger partial charge in [0, 0.05) is 0 Å². The highest BCUT2D eigenvalue weighted by atomic mass is 27.2. The van der Waals surface area contributed by atoms with Gasteiger partial charge in [-0.2, -0.15) is 0 Å². The minimum absolute atomic E-state index is 0. The van der Waals surface area contributed by atoms with E-state index in [4.69, 9.17) is 7.58 Å². The molecule has 1 saturated heterocycles. The molecule has 83 valence electrons. The van der Waals surface area contributed by atoms with Crippen molar-refractivity contribution in [2.24, 2.45) is 17.8 Å². The summed E-state index contributed by atoms with van der Waals surface area (Å²) in [5.74, 6) is -0.732. The third-order valence-electron chi connectivity index (χ3n) is 3.12. The van der Waals surface area contributed by atoms with Gasteiger partial charge in [-0.15, -0.1) is 0 Å². The van der Waals surface area contributed by atoms with Gasteiger partial charge in [0.2, 0.25) is 0 Å². The van der Waals surface area contributed by atoms with Crippen molar-refractivity contribution in [1.29, 1.82) is 0 Å². The fourth-order valence-corrected chi connectivity index (χ4v) is 2.93. The second-order valence-corrected chi connectivity index (χ2v) is 4.67. The molecule has 2 rings (SSSR count). The minimum Gasteiger partial charge on any atom is -0.589 e. The van der Waals surface area contributed by atoms with Crippen molar-refractivity contribution in [1.82, 2.24) is 0 Å². The predicted octanol–water partition coefficient (Wildman–Crippen LogP) is -0.152. The Morgan fingerprint density at radius 3 is 2.60 bits per heavy atom. The molecule has 1 radical (unpaired) electrons. The summed E-state index contributed by atoms with van der Waals surface area (Å²) in [7, 11) is 0. The first-order chi connectivity index (χ1) is 6.70. The number of carbonyl (C=O) groups is 2. The summed E-state index contributed by atoms with van der Waals surface area (Å²) in [6.45, 7) is 2.01. The molecule has 0 aromatic heterocycles. The summed E-state index contributed by atoms with van der Waals surface area (Å²) in [6, 6.07) is 0. The van der Waals surface area contributed by atoms with Crippen molar-refractivity contribution in [3.8, 4) is 0 Å². The van der Waals surface area contributed by atoms with E-state index in [2.05, 4.69) is 0 Å². The van der Waals surface area contributed by atoms with Crippen LogP contribution in [0.2, 0.25) is 0 Å². The molecule has 0 spiro atoms. The quantitative estimate of drug-likeness (QED) is 0.540. The monoisotopic (exact) mass is 229 g/mol. The average molecular weight is 229 g/mol. The number of hydrogen-bond donors (Lipinski definition) is 0. The van der Waals surface area contributed by atoms with E-state index in [1.54, 1.807) is 0 Å². The van der Waals surface area contributed by atoms with Crippen LogP contribution in [0.3, 0.4) is 0 Å². The van der Waals surface area contributed by atoms with E-state index in [0.717, 1.165) is 19.3 Å². The summed E-state index contributed by atoms with van der Waals surface area (Å²) in [4.78, 5) is 23.1. The Kier molecular flexibility index (Phi) is 4.14. The van der Waals surface area contributed by atoms with Gasteiger partial charge in [-0.1, -0.05) is 13.3 Å². The molecule has 2 aliphatic rings. The van der Waals surface area contributed by atoms with Crippen molar-refractivity contribution in [3.63, 3.8) is 0 Å². The van der Waals surface area contributed by atoms with Gasteiger partial charge >= 0.3 is 15.9 Å². The molecule has 6 heteroatoms. The standard InChI is InChI=1S/C9H14O4.Al.H2O/c1-5-3-2-4-6(8(10)11)7(5)9(12)13;;/h5-7H,2-4H2,1H3,(H,10,11)(H,12,13);;1H2/q;+2;/p-2. The van der Waals surface area contributed by atoms with E-state index in [1.165, 1.54) is 0 Å². The van der Waals surface area contributed by atoms with Crippen molar-refractivity contribution < 1.29 is 22.6 Å². The Morgan fingerprint density at radius 1 is 1.20 bits per heavy atom. The summed E-state index contributed by atoms with van der Waals surface area (Å²) in [5, 5.41) is 0. The summed E-state index contributed by atoms with van der Waals surface area (Å²) >= 11 is -0.923. The SMILES string of the molecule is CC1CCCC2C(=O)[O][Al][O]C(=O)C12.O. The van der Waals surface area contributed by atoms with Crippen LogP contribution in [0, 0.1) is 17.8 Å². The minimum atomic E-state index is -0.923. The Balaban J connectivity index is 0.00000112. The van der Waals surface area contributed by atoms with Crippen molar-refractivity contribution in [3.05, 3.63) is 0 Å². The molecular formula is C9H14AlO5. The zero-order valence-electron chi connectivity index (χ0n) is 8.56. The van der Waals surface area contributed by atoms with E-state index < -0.39 is 15.9 Å². The summed E-state index contributed by atoms with van der Waals surface area (Å²) < 4.78 is 9.81. The highest BCUT2D eigenvalue weighted by Gasteiger charge is 2.44. The molecule has 1 heterocycles. The molecule has 2 N–H and O–H groups in total. The number of carbonyl (C=O) groups excluding carboxylic acids is 2. The van der Waals surface area contributed by atoms with E-state index in [0.29, 0.717) is 0 Å². The molecule has 3 unspecified atom stereocenters. The lowest BCUT2D eigenvalue weighted by atomic mass is 9.73. The van der Waals surface area contributed by atoms with Gasteiger partial charge < -0.3 is 13.1 Å². The van der Waals surface area contributed by atoms with Crippen molar-refractivity contribution in [2.75, 3.05) is 0 Å². The van der Waals surface area contributed by atoms with Crippen LogP contribution in [0.15, 0.2) is 0 Å². The first kappa shape index (κ1) is 12.5. The Bertz CT molecular complexity index is 267. The van der Waals surface area contributed by atoms with Gasteiger partial charge in [-0.25, -0.2) is 0 Å². The van der Waals surface area contributed by atoms with Gasteiger partial charge in [-0.3, -0.25) is 9.59 Å². The van der Waals surface area contributed by atoms with Crippen LogP contribution in [0.4, 0.5) is 0 Å². The van der Waals surface area contributed by atoms with Crippen LogP contribution in [-0.2, 0) is 17.2 Å². The molecule has 1 saturated carbocycles. The third kappa shape index (κ3) is 2.33. The van der Waals surface area contributed by atoms with E-state index in [-0.39, 0.29) is 35.2 Å². The summed E-state index contributed by atoms with van der Waals surface area (Å²) in [6.07, 6.45) is 2.77. The average Bonchev–Trinajstić information content (AvgIpc) is 2.29. The predicted molar refractivity (Wildman–Crippen MR) is 51.5 cm³/mol. The molecule has 0 aromatic carbocycles. The molecule has 0 bridgehead atoms. The topological polar surface area (TPSA) is 84.1 Å². The maximum Gasteiger partial charge on any atom is 0.885 e. The van der Waals surface area contributed by atoms with Crippen LogP contribution in [0.5, 0.6) is 0 Å². The van der Waals surface area contributed by atoms with Crippen molar-refractivity contribution in [2.45, 2.75) is 26.2 Å². The second kappa shape index (κ2) is 4.97. The lowest BCUT2D eigenvalue weighted by molar-refractivity contribution is -0.149. The Morgan fingerprint density at radius 2 is 1.87 bits per heavy atom. The van der Waals surface area contributed by atoms with Crippen LogP contribution < -0.4 is 0 Å². The lowest BCUT2D eigenvalue weighted by Gasteiger charge is -2.31. The summed E-state index contributed by atoms with van der Waals surface area (Å²) in [5.41, 5.74) is 0. The van der Waals surface area contributed by atoms with Gasteiger partial charge in [-0.05, 0) is 18.8 Å². The fraction of sp³-hybridized carbons (Fsp3) is 0.778. The molecule has 5 nitrogen and oxygen atoms in total. The molecule has 1 aliphatic carbocycles. The van der Waals surface area contributed by atoms with Gasteiger partial charge in [0.05, 0.1) is 11.8 Å². The smallest absolute Gasteiger partial charge is 0.589 e. The number of hydrogen-bond acceptors (Lipinski definition) is 4. The van der Waals surface area contributed by atoms with Crippen LogP contribution >= 0.6 is 0 Å². The highest BCUT2D eigenvalue weighted by Crippen LogP contribution is 2.37. The van der Waals surface area contributed by atoms with E-state index in [1.807, 2.05) is 6.92 Å². The lowest BCUT2D eigenvalue weighted by Crippen LogP contribution is -2.36. The largest absolute Gasteiger partial charge is 0.885 e. The number of fused-ring (bicyclic) bond motifs is 1. The molecule has 2 fully saturated rings. The second-order valence-electron chi connectivity index (χ2n) is 4.01. The maximum absolute atomic E-state index is 11.6. The van der Waals surface area contributed by atoms with Crippen LogP contribution in [0.1, 0.15) is 26.2 Å². The number of rotatable bonds is 0. The van der Waals surface area contributed by atoms with E-state index in [9.17, 15) is 9.59 Å². The fourth-order valence-electron chi connectivity index (χ4n) is 2.36. The first-order valence-electron chi connectivity index (χ1n) is 4.93. The van der Waals surface area contributed by atoms with Crippen LogP contribution in [-0.4, -0.2) is 33.3 Å². The molecule has 0 amide bonds. The van der Waals surface area contributed by atoms with Gasteiger partial charge in [0.15, 0.2) is 0 Å². The van der Waals surface area contributed by atoms with Gasteiger partial charge in [0.25, 0.3) is 11.9 Å². The third-order valence-corrected chi connectivity index (χ3v) is 3.78. The Labute approximate surface area is 94.8 Å². The molecule has 1 aliphatic heterocycles. The zero-order valence-corrected chi connectivity index (χ0v) is 9.72. The first-order valence-corrected chi connectivity index (χ1v) is 5.87. The van der Waals surface area contributed by atoms with E-state index >= 15 is 0 Å². The van der Waals surface area contributed by atoms with Crippen LogP contribution in [0.25, 0.3) is 0 Å². The molecule has 15 heavy (non-hydrogen) atoms. The Hall–Kier alpha value is -0.568. The normalized spacial score (nSPS) is 34.9. The van der Waals surface area contributed by atoms with Crippen molar-refractivity contribution >= 4 is 27.8 Å². The highest BCUT2D eigenvalue weighted by molar-refractivity contribution is 6.27.